The predicted molar refractivity (Wildman–Crippen MR) is 95.9 cm³/mol. The van der Waals surface area contributed by atoms with Crippen molar-refractivity contribution in [2.45, 2.75) is 11.8 Å². The number of fused-ring (bicyclic) bond motifs is 3. The third-order valence-electron chi connectivity index (χ3n) is 3.95. The Balaban J connectivity index is 2.03. The first kappa shape index (κ1) is 15.5. The molecule has 0 saturated carbocycles. The van der Waals surface area contributed by atoms with Crippen LogP contribution in [0.2, 0.25) is 0 Å². The van der Waals surface area contributed by atoms with Crippen LogP contribution >= 0.6 is 0 Å². The Morgan fingerprint density at radius 2 is 1.80 bits per heavy atom. The largest absolute Gasteiger partial charge is 0.340 e. The van der Waals surface area contributed by atoms with E-state index in [0.717, 1.165) is 11.1 Å². The number of benzene rings is 2. The summed E-state index contributed by atoms with van der Waals surface area (Å²) in [6.45, 7) is 1.80. The number of aromatic nitrogens is 4. The topological polar surface area (TPSA) is 89.2 Å². The number of nitrogens with one attached hydrogen (secondary N) is 1. The molecule has 4 aromatic rings. The highest BCUT2D eigenvalue weighted by Crippen LogP contribution is 2.28. The van der Waals surface area contributed by atoms with Crippen molar-refractivity contribution in [3.8, 4) is 0 Å². The molecule has 0 saturated heterocycles. The van der Waals surface area contributed by atoms with Crippen molar-refractivity contribution in [2.24, 2.45) is 0 Å². The Morgan fingerprint density at radius 3 is 2.52 bits per heavy atom. The van der Waals surface area contributed by atoms with Crippen LogP contribution in [0.25, 0.3) is 16.7 Å². The molecular formula is C17H15N5O2S. The molecule has 7 nitrogen and oxygen atoms in total. The number of anilines is 2. The van der Waals surface area contributed by atoms with Gasteiger partial charge in [0.15, 0.2) is 9.84 Å². The van der Waals surface area contributed by atoms with Crippen molar-refractivity contribution < 1.29 is 8.42 Å². The van der Waals surface area contributed by atoms with Crippen LogP contribution in [-0.2, 0) is 9.84 Å². The zero-order valence-corrected chi connectivity index (χ0v) is 14.4. The highest BCUT2D eigenvalue weighted by atomic mass is 32.2. The predicted octanol–water partition coefficient (Wildman–Crippen LogP) is 2.73. The number of sulfone groups is 1. The molecular weight excluding hydrogens is 338 g/mol. The first-order valence-electron chi connectivity index (χ1n) is 7.61. The fraction of sp³-hybridized carbons (Fsp3) is 0.118. The van der Waals surface area contributed by atoms with Gasteiger partial charge in [-0.2, -0.15) is 4.98 Å². The van der Waals surface area contributed by atoms with Crippen LogP contribution in [-0.4, -0.2) is 34.3 Å². The molecule has 2 aromatic carbocycles. The molecule has 2 heterocycles. The molecule has 0 atom stereocenters. The Kier molecular flexibility index (Phi) is 3.43. The van der Waals surface area contributed by atoms with Crippen LogP contribution in [0.5, 0.6) is 0 Å². The van der Waals surface area contributed by atoms with Crippen molar-refractivity contribution in [3.63, 3.8) is 0 Å². The van der Waals surface area contributed by atoms with E-state index < -0.39 is 9.84 Å². The van der Waals surface area contributed by atoms with E-state index in [4.69, 9.17) is 0 Å². The van der Waals surface area contributed by atoms with Gasteiger partial charge in [-0.15, -0.1) is 10.2 Å². The molecule has 0 unspecified atom stereocenters. The molecule has 126 valence electrons. The maximum absolute atomic E-state index is 11.9. The number of aryl methyl sites for hydroxylation is 1. The normalized spacial score (nSPS) is 11.9. The Bertz CT molecular complexity index is 1200. The minimum absolute atomic E-state index is 0.242. The van der Waals surface area contributed by atoms with Crippen molar-refractivity contribution in [1.29, 1.82) is 0 Å². The molecule has 0 aliphatic rings. The van der Waals surface area contributed by atoms with Crippen LogP contribution in [0.1, 0.15) is 5.82 Å². The number of rotatable bonds is 3. The van der Waals surface area contributed by atoms with E-state index >= 15 is 0 Å². The summed E-state index contributed by atoms with van der Waals surface area (Å²) in [6, 6.07) is 14.6. The lowest BCUT2D eigenvalue weighted by Gasteiger charge is -2.11. The number of para-hydroxylation sites is 1. The van der Waals surface area contributed by atoms with Gasteiger partial charge in [-0.1, -0.05) is 18.2 Å². The lowest BCUT2D eigenvalue weighted by atomic mass is 10.2. The van der Waals surface area contributed by atoms with E-state index in [-0.39, 0.29) is 4.90 Å². The van der Waals surface area contributed by atoms with Gasteiger partial charge in [0.1, 0.15) is 11.6 Å². The first-order chi connectivity index (χ1) is 11.9. The van der Waals surface area contributed by atoms with Crippen LogP contribution in [0.4, 0.5) is 11.5 Å². The SMILES string of the molecule is Cc1nnc2nc(Nc3ccccc3)c3ccc(S(C)(=O)=O)cc3n12. The van der Waals surface area contributed by atoms with E-state index in [1.807, 2.05) is 30.3 Å². The first-order valence-corrected chi connectivity index (χ1v) is 9.50. The third kappa shape index (κ3) is 2.70. The van der Waals surface area contributed by atoms with Gasteiger partial charge in [0, 0.05) is 17.3 Å². The number of hydrogen-bond donors (Lipinski definition) is 1. The second-order valence-corrected chi connectivity index (χ2v) is 7.80. The van der Waals surface area contributed by atoms with Gasteiger partial charge >= 0.3 is 0 Å². The lowest BCUT2D eigenvalue weighted by Crippen LogP contribution is -2.03. The summed E-state index contributed by atoms with van der Waals surface area (Å²) >= 11 is 0. The average molecular weight is 353 g/mol. The van der Waals surface area contributed by atoms with Gasteiger partial charge in [0.05, 0.1) is 10.4 Å². The third-order valence-corrected chi connectivity index (χ3v) is 5.06. The molecule has 4 rings (SSSR count). The van der Waals surface area contributed by atoms with Crippen LogP contribution in [0, 0.1) is 6.92 Å². The van der Waals surface area contributed by atoms with Crippen molar-refractivity contribution in [1.82, 2.24) is 19.6 Å². The minimum Gasteiger partial charge on any atom is -0.340 e. The van der Waals surface area contributed by atoms with Crippen molar-refractivity contribution >= 4 is 38.0 Å². The summed E-state index contributed by atoms with van der Waals surface area (Å²) in [5.41, 5.74) is 1.57. The molecule has 25 heavy (non-hydrogen) atoms. The standard InChI is InChI=1S/C17H15N5O2S/c1-11-20-21-17-19-16(18-12-6-4-3-5-7-12)14-9-8-13(25(2,23)24)10-15(14)22(11)17/h3-10H,1-2H3,(H,18,19,21). The summed E-state index contributed by atoms with van der Waals surface area (Å²) in [5, 5.41) is 12.2. The summed E-state index contributed by atoms with van der Waals surface area (Å²) in [6.07, 6.45) is 1.19. The number of nitrogens with zero attached hydrogens (tertiary/aromatic N) is 4. The van der Waals surface area contributed by atoms with Crippen LogP contribution in [0.3, 0.4) is 0 Å². The second-order valence-electron chi connectivity index (χ2n) is 5.79. The van der Waals surface area contributed by atoms with E-state index in [1.165, 1.54) is 6.26 Å². The highest BCUT2D eigenvalue weighted by molar-refractivity contribution is 7.90. The summed E-state index contributed by atoms with van der Waals surface area (Å²) in [5.74, 6) is 1.65. The molecule has 0 amide bonds. The Hall–Kier alpha value is -3.00. The smallest absolute Gasteiger partial charge is 0.257 e. The monoisotopic (exact) mass is 353 g/mol. The van der Waals surface area contributed by atoms with Gasteiger partial charge in [-0.3, -0.25) is 4.40 Å². The molecule has 1 N–H and O–H groups in total. The van der Waals surface area contributed by atoms with Crippen LogP contribution < -0.4 is 5.32 Å². The van der Waals surface area contributed by atoms with Gasteiger partial charge in [-0.05, 0) is 37.3 Å². The molecule has 2 aromatic heterocycles. The van der Waals surface area contributed by atoms with Gasteiger partial charge < -0.3 is 5.32 Å². The van der Waals surface area contributed by atoms with Crippen LogP contribution in [0.15, 0.2) is 53.4 Å². The Labute approximate surface area is 144 Å². The fourth-order valence-electron chi connectivity index (χ4n) is 2.75. The molecule has 8 heteroatoms. The van der Waals surface area contributed by atoms with Gasteiger partial charge in [0.25, 0.3) is 5.78 Å². The maximum Gasteiger partial charge on any atom is 0.257 e. The summed E-state index contributed by atoms with van der Waals surface area (Å²) in [7, 11) is -3.33. The molecule has 0 bridgehead atoms. The van der Waals surface area contributed by atoms with E-state index in [9.17, 15) is 8.42 Å². The number of hydrogen-bond acceptors (Lipinski definition) is 6. The Morgan fingerprint density at radius 1 is 1.04 bits per heavy atom. The van der Waals surface area contributed by atoms with E-state index in [0.29, 0.717) is 22.9 Å². The second kappa shape index (κ2) is 5.52. The van der Waals surface area contributed by atoms with Gasteiger partial charge in [0.2, 0.25) is 0 Å². The van der Waals surface area contributed by atoms with E-state index in [2.05, 4.69) is 20.5 Å². The lowest BCUT2D eigenvalue weighted by molar-refractivity contribution is 0.602. The van der Waals surface area contributed by atoms with Gasteiger partial charge in [-0.25, -0.2) is 8.42 Å². The van der Waals surface area contributed by atoms with E-state index in [1.54, 1.807) is 29.5 Å². The molecule has 0 spiro atoms. The maximum atomic E-state index is 11.9. The molecule has 0 aliphatic heterocycles. The molecule has 0 aliphatic carbocycles. The summed E-state index contributed by atoms with van der Waals surface area (Å²) < 4.78 is 25.6. The quantitative estimate of drug-likeness (QED) is 0.609. The van der Waals surface area contributed by atoms with Crippen molar-refractivity contribution in [2.75, 3.05) is 11.6 Å². The zero-order valence-electron chi connectivity index (χ0n) is 13.6. The van der Waals surface area contributed by atoms with Crippen molar-refractivity contribution in [3.05, 3.63) is 54.4 Å². The average Bonchev–Trinajstić information content (AvgIpc) is 2.96. The summed E-state index contributed by atoms with van der Waals surface area (Å²) in [4.78, 5) is 4.78. The zero-order chi connectivity index (χ0) is 17.6. The highest BCUT2D eigenvalue weighted by Gasteiger charge is 2.15. The molecule has 0 fully saturated rings. The minimum atomic E-state index is -3.33. The molecule has 0 radical (unpaired) electrons. The fourth-order valence-corrected chi connectivity index (χ4v) is 3.39.